The maximum Gasteiger partial charge on any atom is 0.0252 e. The van der Waals surface area contributed by atoms with Crippen molar-refractivity contribution in [3.8, 4) is 0 Å². The maximum atomic E-state index is 3.78. The van der Waals surface area contributed by atoms with Crippen LogP contribution in [0.25, 0.3) is 0 Å². The molecule has 0 aromatic heterocycles. The van der Waals surface area contributed by atoms with Crippen LogP contribution in [-0.4, -0.2) is 36.1 Å². The number of hydrogen-bond acceptors (Lipinski definition) is 2. The molecule has 3 atom stereocenters. The van der Waals surface area contributed by atoms with Gasteiger partial charge in [-0.1, -0.05) is 26.7 Å². The van der Waals surface area contributed by atoms with Gasteiger partial charge in [-0.25, -0.2) is 0 Å². The Morgan fingerprint density at radius 3 is 2.59 bits per heavy atom. The third-order valence-corrected chi connectivity index (χ3v) is 4.55. The standard InChI is InChI=1S/C15H30N2/c1-4-6-12(3)17-11-14(7-5-2)16-10-15(17)13-8-9-13/h12-16H,4-11H2,1-3H3. The first-order valence-corrected chi connectivity index (χ1v) is 7.75. The second-order valence-electron chi connectivity index (χ2n) is 6.13. The van der Waals surface area contributed by atoms with Gasteiger partial charge in [0.1, 0.15) is 0 Å². The molecule has 2 heteroatoms. The molecule has 17 heavy (non-hydrogen) atoms. The lowest BCUT2D eigenvalue weighted by Gasteiger charge is -2.44. The molecule has 2 rings (SSSR count). The molecule has 2 nitrogen and oxygen atoms in total. The van der Waals surface area contributed by atoms with Crippen molar-refractivity contribution in [2.45, 2.75) is 77.4 Å². The Bertz CT molecular complexity index is 225. The van der Waals surface area contributed by atoms with Crippen LogP contribution in [0.4, 0.5) is 0 Å². The Morgan fingerprint density at radius 1 is 1.24 bits per heavy atom. The minimum absolute atomic E-state index is 0.745. The van der Waals surface area contributed by atoms with Crippen molar-refractivity contribution in [3.05, 3.63) is 0 Å². The highest BCUT2D eigenvalue weighted by Crippen LogP contribution is 2.37. The zero-order valence-corrected chi connectivity index (χ0v) is 11.9. The fourth-order valence-electron chi connectivity index (χ4n) is 3.41. The van der Waals surface area contributed by atoms with Crippen molar-refractivity contribution in [2.24, 2.45) is 5.92 Å². The van der Waals surface area contributed by atoms with Gasteiger partial charge in [0.05, 0.1) is 0 Å². The first kappa shape index (κ1) is 13.4. The summed E-state index contributed by atoms with van der Waals surface area (Å²) in [5.41, 5.74) is 0. The van der Waals surface area contributed by atoms with Gasteiger partial charge in [0.25, 0.3) is 0 Å². The maximum absolute atomic E-state index is 3.78. The zero-order valence-electron chi connectivity index (χ0n) is 11.9. The van der Waals surface area contributed by atoms with Crippen molar-refractivity contribution < 1.29 is 0 Å². The van der Waals surface area contributed by atoms with Crippen molar-refractivity contribution >= 4 is 0 Å². The topological polar surface area (TPSA) is 15.3 Å². The molecule has 1 aliphatic heterocycles. The SMILES string of the molecule is CCCC1CN(C(C)CCC)C(C2CC2)CN1. The molecule has 2 aliphatic rings. The fraction of sp³-hybridized carbons (Fsp3) is 1.00. The summed E-state index contributed by atoms with van der Waals surface area (Å²) in [7, 11) is 0. The van der Waals surface area contributed by atoms with E-state index < -0.39 is 0 Å². The Labute approximate surface area is 107 Å². The van der Waals surface area contributed by atoms with Gasteiger partial charge in [0, 0.05) is 31.2 Å². The van der Waals surface area contributed by atoms with Crippen LogP contribution >= 0.6 is 0 Å². The molecule has 1 heterocycles. The van der Waals surface area contributed by atoms with Crippen LogP contribution in [0.1, 0.15) is 59.3 Å². The number of hydrogen-bond donors (Lipinski definition) is 1. The van der Waals surface area contributed by atoms with E-state index in [1.165, 1.54) is 51.6 Å². The molecule has 1 aliphatic carbocycles. The average Bonchev–Trinajstić information content (AvgIpc) is 3.14. The Morgan fingerprint density at radius 2 is 2.00 bits per heavy atom. The Hall–Kier alpha value is -0.0800. The molecule has 0 spiro atoms. The van der Waals surface area contributed by atoms with E-state index in [0.717, 1.165) is 24.0 Å². The van der Waals surface area contributed by atoms with E-state index in [-0.39, 0.29) is 0 Å². The summed E-state index contributed by atoms with van der Waals surface area (Å²) in [6.07, 6.45) is 8.28. The number of piperazine rings is 1. The summed E-state index contributed by atoms with van der Waals surface area (Å²) in [6.45, 7) is 9.58. The fourth-order valence-corrected chi connectivity index (χ4v) is 3.41. The molecule has 0 bridgehead atoms. The molecule has 0 aromatic rings. The number of nitrogens with zero attached hydrogens (tertiary/aromatic N) is 1. The quantitative estimate of drug-likeness (QED) is 0.765. The van der Waals surface area contributed by atoms with Crippen molar-refractivity contribution in [1.82, 2.24) is 10.2 Å². The summed E-state index contributed by atoms with van der Waals surface area (Å²) in [5.74, 6) is 1.00. The lowest BCUT2D eigenvalue weighted by Crippen LogP contribution is -2.59. The molecule has 1 saturated carbocycles. The van der Waals surface area contributed by atoms with Crippen LogP contribution in [0.3, 0.4) is 0 Å². The lowest BCUT2D eigenvalue weighted by atomic mass is 9.98. The largest absolute Gasteiger partial charge is 0.311 e. The number of rotatable bonds is 6. The molecule has 0 amide bonds. The lowest BCUT2D eigenvalue weighted by molar-refractivity contribution is 0.0695. The monoisotopic (exact) mass is 238 g/mol. The molecule has 1 saturated heterocycles. The van der Waals surface area contributed by atoms with Gasteiger partial charge < -0.3 is 5.32 Å². The van der Waals surface area contributed by atoms with Crippen molar-refractivity contribution in [1.29, 1.82) is 0 Å². The molecule has 2 fully saturated rings. The average molecular weight is 238 g/mol. The van der Waals surface area contributed by atoms with Crippen molar-refractivity contribution in [2.75, 3.05) is 13.1 Å². The Balaban J connectivity index is 1.93. The van der Waals surface area contributed by atoms with Gasteiger partial charge in [0.2, 0.25) is 0 Å². The van der Waals surface area contributed by atoms with Crippen LogP contribution in [-0.2, 0) is 0 Å². The molecule has 100 valence electrons. The van der Waals surface area contributed by atoms with Gasteiger partial charge in [-0.2, -0.15) is 0 Å². The van der Waals surface area contributed by atoms with E-state index in [1.807, 2.05) is 0 Å². The van der Waals surface area contributed by atoms with Crippen LogP contribution < -0.4 is 5.32 Å². The summed E-state index contributed by atoms with van der Waals surface area (Å²) < 4.78 is 0. The van der Waals surface area contributed by atoms with Gasteiger partial charge in [-0.3, -0.25) is 4.90 Å². The minimum Gasteiger partial charge on any atom is -0.311 e. The molecule has 3 unspecified atom stereocenters. The zero-order chi connectivity index (χ0) is 12.3. The molecule has 0 aromatic carbocycles. The highest BCUT2D eigenvalue weighted by atomic mass is 15.3. The molecule has 0 radical (unpaired) electrons. The van der Waals surface area contributed by atoms with E-state index in [2.05, 4.69) is 31.0 Å². The smallest absolute Gasteiger partial charge is 0.0252 e. The van der Waals surface area contributed by atoms with Gasteiger partial charge >= 0.3 is 0 Å². The second-order valence-corrected chi connectivity index (χ2v) is 6.13. The summed E-state index contributed by atoms with van der Waals surface area (Å²) in [4.78, 5) is 2.83. The third-order valence-electron chi connectivity index (χ3n) is 4.55. The van der Waals surface area contributed by atoms with Crippen LogP contribution in [0.15, 0.2) is 0 Å². The molecular formula is C15H30N2. The van der Waals surface area contributed by atoms with Crippen LogP contribution in [0.5, 0.6) is 0 Å². The van der Waals surface area contributed by atoms with Gasteiger partial charge in [-0.15, -0.1) is 0 Å². The van der Waals surface area contributed by atoms with Crippen molar-refractivity contribution in [3.63, 3.8) is 0 Å². The summed E-state index contributed by atoms with van der Waals surface area (Å²) in [6, 6.07) is 2.37. The number of nitrogens with one attached hydrogen (secondary N) is 1. The first-order valence-electron chi connectivity index (χ1n) is 7.75. The van der Waals surface area contributed by atoms with Gasteiger partial charge in [-0.05, 0) is 38.5 Å². The molecular weight excluding hydrogens is 208 g/mol. The summed E-state index contributed by atoms with van der Waals surface area (Å²) >= 11 is 0. The van der Waals surface area contributed by atoms with Crippen LogP contribution in [0.2, 0.25) is 0 Å². The normalized spacial score (nSPS) is 32.6. The first-order chi connectivity index (χ1) is 8.26. The predicted molar refractivity (Wildman–Crippen MR) is 74.3 cm³/mol. The highest BCUT2D eigenvalue weighted by Gasteiger charge is 2.39. The highest BCUT2D eigenvalue weighted by molar-refractivity contribution is 4.96. The van der Waals surface area contributed by atoms with E-state index in [9.17, 15) is 0 Å². The van der Waals surface area contributed by atoms with Gasteiger partial charge in [0.15, 0.2) is 0 Å². The van der Waals surface area contributed by atoms with E-state index in [4.69, 9.17) is 0 Å². The minimum atomic E-state index is 0.745. The predicted octanol–water partition coefficient (Wildman–Crippen LogP) is 3.03. The Kier molecular flexibility index (Phi) is 4.87. The summed E-state index contributed by atoms with van der Waals surface area (Å²) in [5, 5.41) is 3.78. The second kappa shape index (κ2) is 6.19. The van der Waals surface area contributed by atoms with E-state index >= 15 is 0 Å². The van der Waals surface area contributed by atoms with E-state index in [1.54, 1.807) is 0 Å². The molecule has 1 N–H and O–H groups in total. The third kappa shape index (κ3) is 3.45. The van der Waals surface area contributed by atoms with E-state index in [0.29, 0.717) is 0 Å². The van der Waals surface area contributed by atoms with Crippen LogP contribution in [0, 0.1) is 5.92 Å².